The highest BCUT2D eigenvalue weighted by atomic mass is 16.2. The molecule has 0 radical (unpaired) electrons. The summed E-state index contributed by atoms with van der Waals surface area (Å²) < 4.78 is 0. The Balaban J connectivity index is 1.55. The van der Waals surface area contributed by atoms with E-state index in [1.807, 2.05) is 42.7 Å². The number of pyridine rings is 2. The summed E-state index contributed by atoms with van der Waals surface area (Å²) in [6, 6.07) is 5.92. The van der Waals surface area contributed by atoms with Crippen molar-refractivity contribution in [2.45, 2.75) is 65.1 Å². The highest BCUT2D eigenvalue weighted by molar-refractivity contribution is 5.97. The van der Waals surface area contributed by atoms with E-state index in [-0.39, 0.29) is 22.9 Å². The molecule has 2 aliphatic rings. The quantitative estimate of drug-likeness (QED) is 0.804. The van der Waals surface area contributed by atoms with E-state index in [9.17, 15) is 9.59 Å². The van der Waals surface area contributed by atoms with Gasteiger partial charge >= 0.3 is 0 Å². The molecule has 6 nitrogen and oxygen atoms in total. The van der Waals surface area contributed by atoms with Crippen molar-refractivity contribution in [2.24, 2.45) is 0 Å². The average molecular weight is 393 g/mol. The monoisotopic (exact) mass is 392 g/mol. The van der Waals surface area contributed by atoms with Gasteiger partial charge < -0.3 is 9.80 Å². The van der Waals surface area contributed by atoms with Gasteiger partial charge in [0.05, 0.1) is 0 Å². The third-order valence-electron chi connectivity index (χ3n) is 5.92. The Morgan fingerprint density at radius 3 is 2.34 bits per heavy atom. The fourth-order valence-electron chi connectivity index (χ4n) is 4.35. The smallest absolute Gasteiger partial charge is 0.273 e. The summed E-state index contributed by atoms with van der Waals surface area (Å²) in [7, 11) is 0. The largest absolute Gasteiger partial charge is 0.332 e. The van der Waals surface area contributed by atoms with E-state index in [1.165, 1.54) is 0 Å². The molecule has 4 heterocycles. The maximum absolute atomic E-state index is 12.8. The molecule has 0 N–H and O–H groups in total. The summed E-state index contributed by atoms with van der Waals surface area (Å²) >= 11 is 0. The van der Waals surface area contributed by atoms with Crippen LogP contribution in [-0.4, -0.2) is 49.2 Å². The van der Waals surface area contributed by atoms with E-state index in [0.717, 1.165) is 23.1 Å². The lowest BCUT2D eigenvalue weighted by Gasteiger charge is -2.39. The molecule has 0 aliphatic carbocycles. The van der Waals surface area contributed by atoms with Crippen LogP contribution in [0.5, 0.6) is 0 Å². The van der Waals surface area contributed by atoms with Gasteiger partial charge in [-0.25, -0.2) is 0 Å². The molecular weight excluding hydrogens is 364 g/mol. The van der Waals surface area contributed by atoms with Crippen LogP contribution in [0.1, 0.15) is 72.3 Å². The Kier molecular flexibility index (Phi) is 4.48. The maximum atomic E-state index is 12.8. The van der Waals surface area contributed by atoms with Crippen molar-refractivity contribution in [3.05, 3.63) is 58.7 Å². The molecule has 0 saturated heterocycles. The molecule has 4 rings (SSSR count). The number of hydrogen-bond donors (Lipinski definition) is 0. The molecule has 2 aromatic heterocycles. The summed E-state index contributed by atoms with van der Waals surface area (Å²) in [6.07, 6.45) is 4.93. The number of rotatable bonds is 3. The minimum Gasteiger partial charge on any atom is -0.332 e. The van der Waals surface area contributed by atoms with Crippen LogP contribution in [0.4, 0.5) is 0 Å². The van der Waals surface area contributed by atoms with Crippen LogP contribution in [0.2, 0.25) is 0 Å². The Morgan fingerprint density at radius 2 is 1.66 bits per heavy atom. The van der Waals surface area contributed by atoms with Crippen LogP contribution < -0.4 is 0 Å². The first-order valence-corrected chi connectivity index (χ1v) is 10.1. The molecule has 29 heavy (non-hydrogen) atoms. The van der Waals surface area contributed by atoms with Crippen LogP contribution in [0.3, 0.4) is 0 Å². The first-order chi connectivity index (χ1) is 13.6. The molecule has 0 aromatic carbocycles. The van der Waals surface area contributed by atoms with Crippen LogP contribution in [0.15, 0.2) is 30.6 Å². The zero-order valence-corrected chi connectivity index (χ0v) is 17.8. The van der Waals surface area contributed by atoms with Gasteiger partial charge in [-0.1, -0.05) is 12.1 Å². The van der Waals surface area contributed by atoms with Gasteiger partial charge in [-0.05, 0) is 64.7 Å². The van der Waals surface area contributed by atoms with Gasteiger partial charge in [0.1, 0.15) is 11.4 Å². The number of amides is 2. The lowest BCUT2D eigenvalue weighted by atomic mass is 9.91. The van der Waals surface area contributed by atoms with Gasteiger partial charge in [0, 0.05) is 42.1 Å². The van der Waals surface area contributed by atoms with Crippen molar-refractivity contribution >= 4 is 11.8 Å². The normalized spacial score (nSPS) is 16.9. The molecule has 0 bridgehead atoms. The van der Waals surface area contributed by atoms with Crippen LogP contribution in [0, 0.1) is 0 Å². The number of fused-ring (bicyclic) bond motifs is 2. The lowest BCUT2D eigenvalue weighted by molar-refractivity contribution is 0.0553. The molecule has 0 spiro atoms. The number of nitrogens with zero attached hydrogens (tertiary/aromatic N) is 4. The molecule has 0 fully saturated rings. The lowest BCUT2D eigenvalue weighted by Crippen LogP contribution is -2.49. The zero-order valence-electron chi connectivity index (χ0n) is 17.8. The van der Waals surface area contributed by atoms with Gasteiger partial charge in [0.15, 0.2) is 0 Å². The third-order valence-corrected chi connectivity index (χ3v) is 5.92. The SMILES string of the molecule is CC(C)(C)N1CCc2cc(CC(C)(C)N3Cc4cccnc4C3=O)cnc2C1=O. The van der Waals surface area contributed by atoms with Crippen molar-refractivity contribution in [2.75, 3.05) is 6.54 Å². The van der Waals surface area contributed by atoms with Crippen LogP contribution in [-0.2, 0) is 19.4 Å². The van der Waals surface area contributed by atoms with Gasteiger partial charge in [-0.2, -0.15) is 0 Å². The Hall–Kier alpha value is -2.76. The van der Waals surface area contributed by atoms with E-state index < -0.39 is 0 Å². The number of hydrogen-bond acceptors (Lipinski definition) is 4. The van der Waals surface area contributed by atoms with Crippen molar-refractivity contribution in [3.8, 4) is 0 Å². The summed E-state index contributed by atoms with van der Waals surface area (Å²) in [6.45, 7) is 11.6. The fraction of sp³-hybridized carbons (Fsp3) is 0.478. The van der Waals surface area contributed by atoms with Gasteiger partial charge in [0.2, 0.25) is 0 Å². The van der Waals surface area contributed by atoms with Crippen molar-refractivity contribution in [1.82, 2.24) is 19.8 Å². The maximum Gasteiger partial charge on any atom is 0.273 e. The zero-order chi connectivity index (χ0) is 21.0. The first kappa shape index (κ1) is 19.6. The van der Waals surface area contributed by atoms with E-state index in [2.05, 4.69) is 29.9 Å². The number of carbonyl (C=O) groups excluding carboxylic acids is 2. The molecule has 0 atom stereocenters. The highest BCUT2D eigenvalue weighted by Crippen LogP contribution is 2.31. The van der Waals surface area contributed by atoms with Crippen molar-refractivity contribution in [1.29, 1.82) is 0 Å². The summed E-state index contributed by atoms with van der Waals surface area (Å²) in [5.41, 5.74) is 3.53. The van der Waals surface area contributed by atoms with E-state index in [0.29, 0.717) is 30.9 Å². The summed E-state index contributed by atoms with van der Waals surface area (Å²) in [4.78, 5) is 38.2. The van der Waals surface area contributed by atoms with Gasteiger partial charge in [0.25, 0.3) is 11.8 Å². The summed E-state index contributed by atoms with van der Waals surface area (Å²) in [5, 5.41) is 0. The standard InChI is InChI=1S/C23H28N4O2/c1-22(2,3)26-10-8-16-11-15(13-25-18(16)20(26)28)12-23(4,5)27-14-17-7-6-9-24-19(17)21(27)29/h6-7,9,11,13H,8,10,12,14H2,1-5H3. The Labute approximate surface area is 172 Å². The predicted octanol–water partition coefficient (Wildman–Crippen LogP) is 3.25. The number of aromatic nitrogens is 2. The van der Waals surface area contributed by atoms with Crippen LogP contribution >= 0.6 is 0 Å². The molecule has 2 aromatic rings. The van der Waals surface area contributed by atoms with Crippen molar-refractivity contribution < 1.29 is 9.59 Å². The van der Waals surface area contributed by atoms with E-state index >= 15 is 0 Å². The van der Waals surface area contributed by atoms with E-state index in [4.69, 9.17) is 0 Å². The second-order valence-electron chi connectivity index (χ2n) is 9.62. The number of carbonyl (C=O) groups is 2. The second-order valence-corrected chi connectivity index (χ2v) is 9.62. The minimum absolute atomic E-state index is 0.000745. The van der Waals surface area contributed by atoms with Gasteiger partial charge in [-0.3, -0.25) is 19.6 Å². The minimum atomic E-state index is -0.385. The third kappa shape index (κ3) is 3.41. The fourth-order valence-corrected chi connectivity index (χ4v) is 4.35. The topological polar surface area (TPSA) is 66.4 Å². The molecule has 2 amide bonds. The van der Waals surface area contributed by atoms with Crippen molar-refractivity contribution in [3.63, 3.8) is 0 Å². The molecule has 6 heteroatoms. The molecule has 152 valence electrons. The first-order valence-electron chi connectivity index (χ1n) is 10.1. The molecular formula is C23H28N4O2. The summed E-state index contributed by atoms with van der Waals surface area (Å²) in [5.74, 6) is -0.0201. The predicted molar refractivity (Wildman–Crippen MR) is 111 cm³/mol. The highest BCUT2D eigenvalue weighted by Gasteiger charge is 2.39. The Morgan fingerprint density at radius 1 is 0.966 bits per heavy atom. The van der Waals surface area contributed by atoms with E-state index in [1.54, 1.807) is 12.4 Å². The van der Waals surface area contributed by atoms with Gasteiger partial charge in [-0.15, -0.1) is 0 Å². The molecule has 0 unspecified atom stereocenters. The molecule has 2 aliphatic heterocycles. The molecule has 0 saturated carbocycles. The van der Waals surface area contributed by atoms with Crippen LogP contribution in [0.25, 0.3) is 0 Å². The average Bonchev–Trinajstić information content (AvgIpc) is 2.98. The Bertz CT molecular complexity index is 991. The second kappa shape index (κ2) is 6.65.